The molecule has 0 saturated carbocycles. The lowest BCUT2D eigenvalue weighted by molar-refractivity contribution is 0.112. The highest BCUT2D eigenvalue weighted by atomic mass is 32.1. The molecule has 12 heavy (non-hydrogen) atoms. The minimum absolute atomic E-state index is 0.730. The fourth-order valence-corrected chi connectivity index (χ4v) is 1.93. The van der Waals surface area contributed by atoms with Gasteiger partial charge in [0.25, 0.3) is 0 Å². The van der Waals surface area contributed by atoms with Crippen molar-refractivity contribution in [2.45, 2.75) is 6.92 Å². The average Bonchev–Trinajstić information content (AvgIpc) is 2.43. The van der Waals surface area contributed by atoms with Crippen molar-refractivity contribution >= 4 is 36.3 Å². The predicted octanol–water partition coefficient (Wildman–Crippen LogP) is 2.81. The molecule has 1 aromatic rings. The highest BCUT2D eigenvalue weighted by molar-refractivity contribution is 7.80. The monoisotopic (exact) mass is 198 g/mol. The van der Waals surface area contributed by atoms with Gasteiger partial charge >= 0.3 is 0 Å². The van der Waals surface area contributed by atoms with Crippen LogP contribution in [0.15, 0.2) is 12.1 Å². The number of aryl methyl sites for hydroxylation is 1. The van der Waals surface area contributed by atoms with Crippen molar-refractivity contribution in [3.05, 3.63) is 27.5 Å². The third-order valence-electron chi connectivity index (χ3n) is 1.47. The number of thiol groups is 1. The van der Waals surface area contributed by atoms with Crippen LogP contribution in [0.4, 0.5) is 0 Å². The van der Waals surface area contributed by atoms with Gasteiger partial charge in [-0.15, -0.1) is 11.3 Å². The van der Waals surface area contributed by atoms with Gasteiger partial charge in [0.15, 0.2) is 6.29 Å². The van der Waals surface area contributed by atoms with Crippen LogP contribution in [0.2, 0.25) is 0 Å². The third-order valence-corrected chi connectivity index (χ3v) is 2.80. The summed E-state index contributed by atoms with van der Waals surface area (Å²) < 4.78 is 0. The summed E-state index contributed by atoms with van der Waals surface area (Å²) in [6.07, 6.45) is 4.85. The SMILES string of the molecule is Cc1cc(C=O)sc1C=CCS. The Balaban J connectivity index is 2.91. The van der Waals surface area contributed by atoms with E-state index in [1.54, 1.807) is 0 Å². The van der Waals surface area contributed by atoms with Gasteiger partial charge < -0.3 is 0 Å². The molecule has 0 amide bonds. The molecule has 0 fully saturated rings. The summed E-state index contributed by atoms with van der Waals surface area (Å²) in [5, 5.41) is 0. The zero-order valence-electron chi connectivity index (χ0n) is 6.78. The van der Waals surface area contributed by atoms with Gasteiger partial charge in [0, 0.05) is 10.6 Å². The number of thiophene rings is 1. The second-order valence-electron chi connectivity index (χ2n) is 2.40. The van der Waals surface area contributed by atoms with Gasteiger partial charge in [-0.3, -0.25) is 4.79 Å². The van der Waals surface area contributed by atoms with Crippen molar-refractivity contribution in [3.8, 4) is 0 Å². The maximum atomic E-state index is 10.4. The van der Waals surface area contributed by atoms with E-state index in [1.165, 1.54) is 11.3 Å². The zero-order chi connectivity index (χ0) is 8.97. The van der Waals surface area contributed by atoms with E-state index in [2.05, 4.69) is 12.6 Å². The summed E-state index contributed by atoms with van der Waals surface area (Å²) in [6, 6.07) is 1.90. The molecule has 1 heterocycles. The van der Waals surface area contributed by atoms with Crippen LogP contribution in [-0.4, -0.2) is 12.0 Å². The number of aldehydes is 1. The summed E-state index contributed by atoms with van der Waals surface area (Å²) in [4.78, 5) is 12.3. The molecule has 64 valence electrons. The lowest BCUT2D eigenvalue weighted by Crippen LogP contribution is -1.67. The molecule has 0 bridgehead atoms. The van der Waals surface area contributed by atoms with Crippen LogP contribution in [0.5, 0.6) is 0 Å². The molecule has 0 aliphatic rings. The van der Waals surface area contributed by atoms with Crippen molar-refractivity contribution < 1.29 is 4.79 Å². The zero-order valence-corrected chi connectivity index (χ0v) is 8.49. The number of rotatable bonds is 3. The molecule has 0 saturated heterocycles. The van der Waals surface area contributed by atoms with Crippen LogP contribution in [0.1, 0.15) is 20.1 Å². The van der Waals surface area contributed by atoms with Gasteiger partial charge in [-0.25, -0.2) is 0 Å². The smallest absolute Gasteiger partial charge is 0.160 e. The first-order valence-corrected chi connectivity index (χ1v) is 5.06. The molecule has 0 radical (unpaired) electrons. The van der Waals surface area contributed by atoms with Gasteiger partial charge in [-0.1, -0.05) is 6.08 Å². The van der Waals surface area contributed by atoms with Crippen molar-refractivity contribution in [1.82, 2.24) is 0 Å². The first-order valence-electron chi connectivity index (χ1n) is 3.61. The van der Waals surface area contributed by atoms with Gasteiger partial charge in [0.05, 0.1) is 4.88 Å². The summed E-state index contributed by atoms with van der Waals surface area (Å²) >= 11 is 5.57. The lowest BCUT2D eigenvalue weighted by Gasteiger charge is -1.86. The van der Waals surface area contributed by atoms with Gasteiger partial charge in [-0.2, -0.15) is 12.6 Å². The van der Waals surface area contributed by atoms with Crippen molar-refractivity contribution in [3.63, 3.8) is 0 Å². The van der Waals surface area contributed by atoms with Crippen LogP contribution in [0.25, 0.3) is 6.08 Å². The predicted molar refractivity (Wildman–Crippen MR) is 57.3 cm³/mol. The standard InChI is InChI=1S/C9H10OS2/c1-7-5-8(6-10)12-9(7)3-2-4-11/h2-3,5-6,11H,4H2,1H3. The van der Waals surface area contributed by atoms with Crippen LogP contribution < -0.4 is 0 Å². The van der Waals surface area contributed by atoms with Crippen molar-refractivity contribution in [1.29, 1.82) is 0 Å². The number of hydrogen-bond donors (Lipinski definition) is 1. The maximum Gasteiger partial charge on any atom is 0.160 e. The van der Waals surface area contributed by atoms with Crippen molar-refractivity contribution in [2.75, 3.05) is 5.75 Å². The Labute approximate surface area is 81.5 Å². The Kier molecular flexibility index (Phi) is 3.56. The quantitative estimate of drug-likeness (QED) is 0.584. The van der Waals surface area contributed by atoms with E-state index in [-0.39, 0.29) is 0 Å². The molecule has 0 aliphatic heterocycles. The summed E-state index contributed by atoms with van der Waals surface area (Å²) in [7, 11) is 0. The fraction of sp³-hybridized carbons (Fsp3) is 0.222. The summed E-state index contributed by atoms with van der Waals surface area (Å²) in [5.74, 6) is 0.730. The third kappa shape index (κ3) is 2.22. The Morgan fingerprint density at radius 2 is 2.42 bits per heavy atom. The highest BCUT2D eigenvalue weighted by Gasteiger charge is 2.00. The molecule has 3 heteroatoms. The first-order chi connectivity index (χ1) is 5.77. The summed E-state index contributed by atoms with van der Waals surface area (Å²) in [5.41, 5.74) is 1.15. The van der Waals surface area contributed by atoms with Crippen LogP contribution in [-0.2, 0) is 0 Å². The van der Waals surface area contributed by atoms with E-state index in [9.17, 15) is 4.79 Å². The van der Waals surface area contributed by atoms with Crippen LogP contribution in [0, 0.1) is 6.92 Å². The Morgan fingerprint density at radius 3 is 2.92 bits per heavy atom. The normalized spacial score (nSPS) is 10.8. The first kappa shape index (κ1) is 9.55. The van der Waals surface area contributed by atoms with E-state index < -0.39 is 0 Å². The second-order valence-corrected chi connectivity index (χ2v) is 3.88. The number of hydrogen-bond acceptors (Lipinski definition) is 3. The largest absolute Gasteiger partial charge is 0.297 e. The molecule has 0 aromatic carbocycles. The minimum atomic E-state index is 0.730. The minimum Gasteiger partial charge on any atom is -0.297 e. The molecular weight excluding hydrogens is 188 g/mol. The van der Waals surface area contributed by atoms with Crippen LogP contribution in [0.3, 0.4) is 0 Å². The van der Waals surface area contributed by atoms with Gasteiger partial charge in [0.2, 0.25) is 0 Å². The summed E-state index contributed by atoms with van der Waals surface area (Å²) in [6.45, 7) is 2.00. The molecule has 0 N–H and O–H groups in total. The van der Waals surface area contributed by atoms with Gasteiger partial charge in [0.1, 0.15) is 0 Å². The molecule has 1 aromatic heterocycles. The van der Waals surface area contributed by atoms with E-state index in [4.69, 9.17) is 0 Å². The maximum absolute atomic E-state index is 10.4. The van der Waals surface area contributed by atoms with E-state index >= 15 is 0 Å². The molecular formula is C9H10OS2. The molecule has 0 aliphatic carbocycles. The molecule has 0 spiro atoms. The average molecular weight is 198 g/mol. The Morgan fingerprint density at radius 1 is 1.67 bits per heavy atom. The number of carbonyl (C=O) groups is 1. The fourth-order valence-electron chi connectivity index (χ4n) is 0.905. The van der Waals surface area contributed by atoms with E-state index in [0.29, 0.717) is 0 Å². The topological polar surface area (TPSA) is 17.1 Å². The number of carbonyl (C=O) groups excluding carboxylic acids is 1. The van der Waals surface area contributed by atoms with E-state index in [1.807, 2.05) is 25.1 Å². The molecule has 0 atom stereocenters. The highest BCUT2D eigenvalue weighted by Crippen LogP contribution is 2.21. The molecule has 0 unspecified atom stereocenters. The second kappa shape index (κ2) is 4.48. The Bertz CT molecular complexity index is 299. The Hall–Kier alpha value is -0.540. The molecule has 1 nitrogen and oxygen atoms in total. The van der Waals surface area contributed by atoms with E-state index in [0.717, 1.165) is 27.4 Å². The van der Waals surface area contributed by atoms with Crippen LogP contribution >= 0.6 is 24.0 Å². The lowest BCUT2D eigenvalue weighted by atomic mass is 10.2. The molecule has 1 rings (SSSR count). The van der Waals surface area contributed by atoms with Gasteiger partial charge in [-0.05, 0) is 24.6 Å². The van der Waals surface area contributed by atoms with Crippen molar-refractivity contribution in [2.24, 2.45) is 0 Å².